The second kappa shape index (κ2) is 6.46. The van der Waals surface area contributed by atoms with Crippen molar-refractivity contribution in [1.29, 1.82) is 0 Å². The summed E-state index contributed by atoms with van der Waals surface area (Å²) in [7, 11) is 0. The fraction of sp³-hybridized carbons (Fsp3) is 0.667. The quantitative estimate of drug-likeness (QED) is 0.894. The van der Waals surface area contributed by atoms with Gasteiger partial charge in [0.15, 0.2) is 0 Å². The first-order valence-corrected chi connectivity index (χ1v) is 7.37. The van der Waals surface area contributed by atoms with Gasteiger partial charge < -0.3 is 10.1 Å². The number of aromatic nitrogens is 1. The van der Waals surface area contributed by atoms with Crippen LogP contribution in [0, 0.1) is 5.92 Å². The van der Waals surface area contributed by atoms with Crippen LogP contribution in [-0.2, 0) is 4.74 Å². The van der Waals surface area contributed by atoms with Crippen molar-refractivity contribution in [3.05, 3.63) is 30.1 Å². The van der Waals surface area contributed by atoms with Gasteiger partial charge in [-0.25, -0.2) is 0 Å². The van der Waals surface area contributed by atoms with Crippen LogP contribution in [-0.4, -0.2) is 49.3 Å². The Morgan fingerprint density at radius 2 is 1.84 bits per heavy atom. The van der Waals surface area contributed by atoms with Crippen LogP contribution in [0.25, 0.3) is 0 Å². The highest BCUT2D eigenvalue weighted by Crippen LogP contribution is 2.34. The number of nitrogens with zero attached hydrogens (tertiary/aromatic N) is 2. The number of hydrogen-bond acceptors (Lipinski definition) is 4. The predicted molar refractivity (Wildman–Crippen MR) is 75.0 cm³/mol. The molecule has 19 heavy (non-hydrogen) atoms. The zero-order chi connectivity index (χ0) is 12.9. The van der Waals surface area contributed by atoms with Crippen LogP contribution >= 0.6 is 0 Å². The molecule has 1 aromatic heterocycles. The van der Waals surface area contributed by atoms with Crippen LogP contribution in [0.4, 0.5) is 0 Å². The molecule has 0 unspecified atom stereocenters. The van der Waals surface area contributed by atoms with Gasteiger partial charge in [0, 0.05) is 57.8 Å². The van der Waals surface area contributed by atoms with Gasteiger partial charge in [0.1, 0.15) is 0 Å². The molecule has 1 N–H and O–H groups in total. The molecule has 4 heteroatoms. The van der Waals surface area contributed by atoms with Gasteiger partial charge in [-0.15, -0.1) is 0 Å². The number of piperazine rings is 1. The van der Waals surface area contributed by atoms with Crippen molar-refractivity contribution in [1.82, 2.24) is 15.2 Å². The highest BCUT2D eigenvalue weighted by molar-refractivity contribution is 5.17. The van der Waals surface area contributed by atoms with Crippen molar-refractivity contribution >= 4 is 0 Å². The van der Waals surface area contributed by atoms with Crippen LogP contribution in [0.2, 0.25) is 0 Å². The Balaban J connectivity index is 1.81. The van der Waals surface area contributed by atoms with Gasteiger partial charge in [0.05, 0.1) is 0 Å². The molecule has 1 atom stereocenters. The van der Waals surface area contributed by atoms with Crippen LogP contribution in [0.1, 0.15) is 24.4 Å². The second-order valence-corrected chi connectivity index (χ2v) is 5.46. The summed E-state index contributed by atoms with van der Waals surface area (Å²) in [5, 5.41) is 3.45. The monoisotopic (exact) mass is 261 g/mol. The summed E-state index contributed by atoms with van der Waals surface area (Å²) < 4.78 is 5.53. The number of hydrogen-bond donors (Lipinski definition) is 1. The fourth-order valence-corrected chi connectivity index (χ4v) is 3.33. The Bertz CT molecular complexity index is 354. The molecule has 2 aliphatic heterocycles. The molecule has 0 aliphatic carbocycles. The molecule has 0 saturated carbocycles. The molecule has 2 saturated heterocycles. The summed E-state index contributed by atoms with van der Waals surface area (Å²) in [5.41, 5.74) is 1.42. The third-order valence-electron chi connectivity index (χ3n) is 4.31. The lowest BCUT2D eigenvalue weighted by Crippen LogP contribution is -2.47. The summed E-state index contributed by atoms with van der Waals surface area (Å²) in [6.45, 7) is 6.32. The fourth-order valence-electron chi connectivity index (χ4n) is 3.33. The first-order valence-electron chi connectivity index (χ1n) is 7.37. The van der Waals surface area contributed by atoms with E-state index in [-0.39, 0.29) is 0 Å². The lowest BCUT2D eigenvalue weighted by Gasteiger charge is -2.41. The third-order valence-corrected chi connectivity index (χ3v) is 4.31. The number of rotatable bonds is 3. The summed E-state index contributed by atoms with van der Waals surface area (Å²) >= 11 is 0. The van der Waals surface area contributed by atoms with Gasteiger partial charge in [-0.1, -0.05) is 0 Å². The Kier molecular flexibility index (Phi) is 4.43. The maximum absolute atomic E-state index is 5.53. The zero-order valence-corrected chi connectivity index (χ0v) is 11.4. The van der Waals surface area contributed by atoms with Gasteiger partial charge >= 0.3 is 0 Å². The molecule has 4 nitrogen and oxygen atoms in total. The average molecular weight is 261 g/mol. The molecule has 0 radical (unpaired) electrons. The van der Waals surface area contributed by atoms with Crippen molar-refractivity contribution in [3.8, 4) is 0 Å². The molecule has 104 valence electrons. The lowest BCUT2D eigenvalue weighted by atomic mass is 9.86. The summed E-state index contributed by atoms with van der Waals surface area (Å²) in [5.74, 6) is 0.717. The highest BCUT2D eigenvalue weighted by atomic mass is 16.5. The van der Waals surface area contributed by atoms with E-state index in [9.17, 15) is 0 Å². The van der Waals surface area contributed by atoms with Gasteiger partial charge in [-0.3, -0.25) is 9.88 Å². The normalized spacial score (nSPS) is 24.2. The number of nitrogens with one attached hydrogen (secondary N) is 1. The van der Waals surface area contributed by atoms with E-state index in [1.165, 1.54) is 18.4 Å². The molecule has 0 aromatic carbocycles. The SMILES string of the molecule is c1cc([C@@H](C2CCOCC2)N2CCNCC2)ccn1. The van der Waals surface area contributed by atoms with Crippen molar-refractivity contribution in [2.75, 3.05) is 39.4 Å². The molecule has 3 heterocycles. The van der Waals surface area contributed by atoms with Crippen LogP contribution in [0.3, 0.4) is 0 Å². The average Bonchev–Trinajstić information content (AvgIpc) is 2.51. The molecule has 0 spiro atoms. The molecule has 3 rings (SSSR count). The highest BCUT2D eigenvalue weighted by Gasteiger charge is 2.30. The van der Waals surface area contributed by atoms with Gasteiger partial charge in [0.2, 0.25) is 0 Å². The largest absolute Gasteiger partial charge is 0.381 e. The van der Waals surface area contributed by atoms with Crippen molar-refractivity contribution < 1.29 is 4.74 Å². The summed E-state index contributed by atoms with van der Waals surface area (Å²) in [6, 6.07) is 4.90. The van der Waals surface area contributed by atoms with E-state index in [0.717, 1.165) is 39.4 Å². The predicted octanol–water partition coefficient (Wildman–Crippen LogP) is 1.45. The van der Waals surface area contributed by atoms with E-state index < -0.39 is 0 Å². The molecule has 0 bridgehead atoms. The van der Waals surface area contributed by atoms with Gasteiger partial charge in [-0.05, 0) is 36.5 Å². The second-order valence-electron chi connectivity index (χ2n) is 5.46. The Morgan fingerprint density at radius 3 is 2.53 bits per heavy atom. The molecule has 2 aliphatic rings. The Hall–Kier alpha value is -0.970. The van der Waals surface area contributed by atoms with E-state index in [4.69, 9.17) is 4.74 Å². The van der Waals surface area contributed by atoms with Gasteiger partial charge in [0.25, 0.3) is 0 Å². The Morgan fingerprint density at radius 1 is 1.16 bits per heavy atom. The van der Waals surface area contributed by atoms with Crippen LogP contribution in [0.15, 0.2) is 24.5 Å². The van der Waals surface area contributed by atoms with E-state index in [1.807, 2.05) is 12.4 Å². The molecule has 2 fully saturated rings. The first kappa shape index (κ1) is 13.0. The van der Waals surface area contributed by atoms with E-state index in [1.54, 1.807) is 0 Å². The molecule has 0 amide bonds. The maximum atomic E-state index is 5.53. The Labute approximate surface area is 115 Å². The topological polar surface area (TPSA) is 37.4 Å². The molecular weight excluding hydrogens is 238 g/mol. The van der Waals surface area contributed by atoms with Crippen LogP contribution in [0.5, 0.6) is 0 Å². The zero-order valence-electron chi connectivity index (χ0n) is 11.4. The standard InChI is InChI=1S/C15H23N3O/c1-5-16-6-2-13(1)15(14-3-11-19-12-4-14)18-9-7-17-8-10-18/h1-2,5-6,14-15,17H,3-4,7-12H2/t15-/m0/s1. The van der Waals surface area contributed by atoms with E-state index >= 15 is 0 Å². The number of pyridine rings is 1. The first-order chi connectivity index (χ1) is 9.45. The third kappa shape index (κ3) is 3.14. The minimum absolute atomic E-state index is 0.536. The van der Waals surface area contributed by atoms with Crippen molar-refractivity contribution in [3.63, 3.8) is 0 Å². The van der Waals surface area contributed by atoms with E-state index in [0.29, 0.717) is 12.0 Å². The minimum Gasteiger partial charge on any atom is -0.381 e. The summed E-state index contributed by atoms with van der Waals surface area (Å²) in [6.07, 6.45) is 6.20. The van der Waals surface area contributed by atoms with Crippen LogP contribution < -0.4 is 5.32 Å². The van der Waals surface area contributed by atoms with Gasteiger partial charge in [-0.2, -0.15) is 0 Å². The molecule has 1 aromatic rings. The smallest absolute Gasteiger partial charge is 0.0469 e. The summed E-state index contributed by atoms with van der Waals surface area (Å²) in [4.78, 5) is 6.80. The minimum atomic E-state index is 0.536. The maximum Gasteiger partial charge on any atom is 0.0469 e. The molecular formula is C15H23N3O. The van der Waals surface area contributed by atoms with Crippen molar-refractivity contribution in [2.45, 2.75) is 18.9 Å². The van der Waals surface area contributed by atoms with E-state index in [2.05, 4.69) is 27.3 Å². The lowest BCUT2D eigenvalue weighted by molar-refractivity contribution is 0.0213. The van der Waals surface area contributed by atoms with Crippen molar-refractivity contribution in [2.24, 2.45) is 5.92 Å². The number of ether oxygens (including phenoxy) is 1.